The highest BCUT2D eigenvalue weighted by molar-refractivity contribution is 7.89. The van der Waals surface area contributed by atoms with Crippen molar-refractivity contribution in [2.45, 2.75) is 31.2 Å². The standard InChI is InChI=1S/C13H19N3O3S/c1-3-12-13(17)15-6-7-16(12)20(18,19)10-5-4-9(2)11(14)8-10/h4-5,8,12H,3,6-7,14H2,1-2H3,(H,15,17). The van der Waals surface area contributed by atoms with Crippen LogP contribution in [-0.4, -0.2) is 37.8 Å². The number of anilines is 1. The van der Waals surface area contributed by atoms with Gasteiger partial charge in [-0.15, -0.1) is 0 Å². The summed E-state index contributed by atoms with van der Waals surface area (Å²) in [7, 11) is -3.70. The number of nitrogens with zero attached hydrogens (tertiary/aromatic N) is 1. The molecule has 1 aromatic rings. The summed E-state index contributed by atoms with van der Waals surface area (Å²) in [4.78, 5) is 11.9. The molecular weight excluding hydrogens is 278 g/mol. The van der Waals surface area contributed by atoms with E-state index in [1.54, 1.807) is 13.0 Å². The van der Waals surface area contributed by atoms with Gasteiger partial charge in [0.15, 0.2) is 0 Å². The van der Waals surface area contributed by atoms with E-state index < -0.39 is 16.1 Å². The molecule has 2 rings (SSSR count). The van der Waals surface area contributed by atoms with Gasteiger partial charge in [0.2, 0.25) is 15.9 Å². The quantitative estimate of drug-likeness (QED) is 0.794. The van der Waals surface area contributed by atoms with Gasteiger partial charge in [-0.25, -0.2) is 8.42 Å². The molecule has 7 heteroatoms. The first-order valence-corrected chi connectivity index (χ1v) is 7.97. The lowest BCUT2D eigenvalue weighted by molar-refractivity contribution is -0.126. The highest BCUT2D eigenvalue weighted by Gasteiger charge is 2.37. The monoisotopic (exact) mass is 297 g/mol. The third-order valence-electron chi connectivity index (χ3n) is 3.53. The minimum Gasteiger partial charge on any atom is -0.398 e. The van der Waals surface area contributed by atoms with Gasteiger partial charge in [-0.2, -0.15) is 4.31 Å². The maximum Gasteiger partial charge on any atom is 0.243 e. The lowest BCUT2D eigenvalue weighted by Gasteiger charge is -2.33. The molecule has 1 heterocycles. The van der Waals surface area contributed by atoms with Crippen LogP contribution in [-0.2, 0) is 14.8 Å². The molecule has 1 unspecified atom stereocenters. The summed E-state index contributed by atoms with van der Waals surface area (Å²) in [6, 6.07) is 3.99. The number of carbonyl (C=O) groups excluding carboxylic acids is 1. The Hall–Kier alpha value is -1.60. The number of sulfonamides is 1. The average molecular weight is 297 g/mol. The van der Waals surface area contributed by atoms with Crippen LogP contribution in [0.15, 0.2) is 23.1 Å². The van der Waals surface area contributed by atoms with Crippen LogP contribution in [0, 0.1) is 6.92 Å². The smallest absolute Gasteiger partial charge is 0.243 e. The molecule has 0 saturated carbocycles. The number of nitrogens with two attached hydrogens (primary N) is 1. The summed E-state index contributed by atoms with van der Waals surface area (Å²) in [5, 5.41) is 2.69. The third kappa shape index (κ3) is 2.51. The van der Waals surface area contributed by atoms with E-state index in [0.29, 0.717) is 18.7 Å². The molecule has 3 N–H and O–H groups in total. The molecular formula is C13H19N3O3S. The van der Waals surface area contributed by atoms with Crippen LogP contribution in [0.2, 0.25) is 0 Å². The van der Waals surface area contributed by atoms with E-state index in [-0.39, 0.29) is 17.3 Å². The van der Waals surface area contributed by atoms with Crippen LogP contribution in [0.5, 0.6) is 0 Å². The van der Waals surface area contributed by atoms with Crippen LogP contribution in [0.1, 0.15) is 18.9 Å². The lowest BCUT2D eigenvalue weighted by Crippen LogP contribution is -2.56. The van der Waals surface area contributed by atoms with Crippen molar-refractivity contribution in [2.24, 2.45) is 0 Å². The van der Waals surface area contributed by atoms with Gasteiger partial charge in [-0.3, -0.25) is 4.79 Å². The maximum atomic E-state index is 12.7. The fraction of sp³-hybridized carbons (Fsp3) is 0.462. The molecule has 6 nitrogen and oxygen atoms in total. The second kappa shape index (κ2) is 5.41. The van der Waals surface area contributed by atoms with Gasteiger partial charge in [0.25, 0.3) is 0 Å². The second-order valence-corrected chi connectivity index (χ2v) is 6.74. The summed E-state index contributed by atoms with van der Waals surface area (Å²) in [6.07, 6.45) is 0.437. The summed E-state index contributed by atoms with van der Waals surface area (Å²) in [6.45, 7) is 4.22. The molecule has 1 fully saturated rings. The molecule has 1 aliphatic rings. The van der Waals surface area contributed by atoms with E-state index in [1.807, 2.05) is 6.92 Å². The number of piperazine rings is 1. The third-order valence-corrected chi connectivity index (χ3v) is 5.43. The van der Waals surface area contributed by atoms with Crippen molar-refractivity contribution in [3.63, 3.8) is 0 Å². The average Bonchev–Trinajstić information content (AvgIpc) is 2.41. The summed E-state index contributed by atoms with van der Waals surface area (Å²) >= 11 is 0. The maximum absolute atomic E-state index is 12.7. The molecule has 0 aromatic heterocycles. The van der Waals surface area contributed by atoms with Gasteiger partial charge in [-0.1, -0.05) is 13.0 Å². The molecule has 1 atom stereocenters. The van der Waals surface area contributed by atoms with Gasteiger partial charge in [0, 0.05) is 18.8 Å². The number of amides is 1. The number of nitrogen functional groups attached to an aromatic ring is 1. The zero-order valence-corrected chi connectivity index (χ0v) is 12.4. The minimum atomic E-state index is -3.70. The number of aryl methyl sites for hydroxylation is 1. The van der Waals surface area contributed by atoms with Gasteiger partial charge in [0.05, 0.1) is 4.90 Å². The Morgan fingerprint density at radius 2 is 2.15 bits per heavy atom. The Balaban J connectivity index is 2.42. The van der Waals surface area contributed by atoms with E-state index >= 15 is 0 Å². The summed E-state index contributed by atoms with van der Waals surface area (Å²) in [5.74, 6) is -0.248. The highest BCUT2D eigenvalue weighted by atomic mass is 32.2. The molecule has 0 bridgehead atoms. The molecule has 0 aliphatic carbocycles. The molecule has 0 radical (unpaired) electrons. The molecule has 110 valence electrons. The van der Waals surface area contributed by atoms with E-state index in [0.717, 1.165) is 5.56 Å². The number of benzene rings is 1. The zero-order chi connectivity index (χ0) is 14.9. The molecule has 1 saturated heterocycles. The fourth-order valence-corrected chi connectivity index (χ4v) is 3.98. The topological polar surface area (TPSA) is 92.5 Å². The Kier molecular flexibility index (Phi) is 4.01. The molecule has 20 heavy (non-hydrogen) atoms. The summed E-state index contributed by atoms with van der Waals surface area (Å²) in [5.41, 5.74) is 7.04. The van der Waals surface area contributed by atoms with Gasteiger partial charge in [-0.05, 0) is 31.0 Å². The first-order chi connectivity index (χ1) is 9.37. The molecule has 1 aliphatic heterocycles. The van der Waals surface area contributed by atoms with Gasteiger partial charge < -0.3 is 11.1 Å². The van der Waals surface area contributed by atoms with Crippen molar-refractivity contribution >= 4 is 21.6 Å². The molecule has 0 spiro atoms. The van der Waals surface area contributed by atoms with E-state index in [4.69, 9.17) is 5.73 Å². The Labute approximate surface area is 119 Å². The van der Waals surface area contributed by atoms with E-state index in [1.165, 1.54) is 16.4 Å². The predicted octanol–water partition coefficient (Wildman–Crippen LogP) is 0.476. The Morgan fingerprint density at radius 1 is 1.45 bits per heavy atom. The first-order valence-electron chi connectivity index (χ1n) is 6.53. The van der Waals surface area contributed by atoms with Crippen LogP contribution in [0.4, 0.5) is 5.69 Å². The highest BCUT2D eigenvalue weighted by Crippen LogP contribution is 2.24. The van der Waals surface area contributed by atoms with Crippen molar-refractivity contribution in [1.82, 2.24) is 9.62 Å². The van der Waals surface area contributed by atoms with Crippen LogP contribution < -0.4 is 11.1 Å². The van der Waals surface area contributed by atoms with Crippen LogP contribution in [0.3, 0.4) is 0 Å². The predicted molar refractivity (Wildman–Crippen MR) is 76.6 cm³/mol. The second-order valence-electron chi connectivity index (χ2n) is 4.85. The van der Waals surface area contributed by atoms with Crippen molar-refractivity contribution in [1.29, 1.82) is 0 Å². The largest absolute Gasteiger partial charge is 0.398 e. The number of nitrogens with one attached hydrogen (secondary N) is 1. The van der Waals surface area contributed by atoms with Crippen molar-refractivity contribution < 1.29 is 13.2 Å². The van der Waals surface area contributed by atoms with Crippen LogP contribution in [0.25, 0.3) is 0 Å². The Morgan fingerprint density at radius 3 is 2.75 bits per heavy atom. The lowest BCUT2D eigenvalue weighted by atomic mass is 10.2. The normalized spacial score (nSPS) is 20.7. The Bertz CT molecular complexity index is 628. The molecule has 1 amide bonds. The van der Waals surface area contributed by atoms with Crippen molar-refractivity contribution in [3.8, 4) is 0 Å². The zero-order valence-electron chi connectivity index (χ0n) is 11.6. The fourth-order valence-electron chi connectivity index (χ4n) is 2.28. The minimum absolute atomic E-state index is 0.133. The van der Waals surface area contributed by atoms with Gasteiger partial charge in [0.1, 0.15) is 6.04 Å². The SMILES string of the molecule is CCC1C(=O)NCCN1S(=O)(=O)c1ccc(C)c(N)c1. The first kappa shape index (κ1) is 14.8. The number of hydrogen-bond acceptors (Lipinski definition) is 4. The van der Waals surface area contributed by atoms with E-state index in [9.17, 15) is 13.2 Å². The number of hydrogen-bond donors (Lipinski definition) is 2. The van der Waals surface area contributed by atoms with Gasteiger partial charge >= 0.3 is 0 Å². The van der Waals surface area contributed by atoms with Crippen molar-refractivity contribution in [3.05, 3.63) is 23.8 Å². The number of carbonyl (C=O) groups is 1. The number of rotatable bonds is 3. The van der Waals surface area contributed by atoms with Crippen molar-refractivity contribution in [2.75, 3.05) is 18.8 Å². The summed E-state index contributed by atoms with van der Waals surface area (Å²) < 4.78 is 26.6. The van der Waals surface area contributed by atoms with Crippen LogP contribution >= 0.6 is 0 Å². The van der Waals surface area contributed by atoms with E-state index in [2.05, 4.69) is 5.32 Å². The molecule has 1 aromatic carbocycles.